The second kappa shape index (κ2) is 6.74. The van der Waals surface area contributed by atoms with E-state index in [1.54, 1.807) is 7.11 Å². The largest absolute Gasteiger partial charge is 0.383 e. The van der Waals surface area contributed by atoms with Gasteiger partial charge >= 0.3 is 6.03 Å². The molecule has 1 fully saturated rings. The molecule has 2 N–H and O–H groups in total. The monoisotopic (exact) mass is 228 g/mol. The predicted octanol–water partition coefficient (Wildman–Crippen LogP) is 1.76. The average Bonchev–Trinajstić information content (AvgIpc) is 2.25. The van der Waals surface area contributed by atoms with Crippen molar-refractivity contribution >= 4 is 6.03 Å². The van der Waals surface area contributed by atoms with E-state index in [1.807, 2.05) is 0 Å². The zero-order valence-corrected chi connectivity index (χ0v) is 10.6. The SMILES string of the molecule is COCCNC(=O)NC1CCCC(C)C1C. The first kappa shape index (κ1) is 13.3. The molecule has 0 aromatic carbocycles. The molecule has 0 bridgehead atoms. The molecule has 1 saturated carbocycles. The molecule has 0 heterocycles. The summed E-state index contributed by atoms with van der Waals surface area (Å²) in [6, 6.07) is 0.259. The van der Waals surface area contributed by atoms with E-state index in [0.717, 1.165) is 6.42 Å². The first-order valence-corrected chi connectivity index (χ1v) is 6.18. The third kappa shape index (κ3) is 4.00. The number of amides is 2. The highest BCUT2D eigenvalue weighted by molar-refractivity contribution is 5.74. The molecule has 1 rings (SSSR count). The number of methoxy groups -OCH3 is 1. The van der Waals surface area contributed by atoms with Gasteiger partial charge in [-0.2, -0.15) is 0 Å². The van der Waals surface area contributed by atoms with Crippen LogP contribution in [0.4, 0.5) is 4.79 Å². The van der Waals surface area contributed by atoms with Crippen LogP contribution in [0.5, 0.6) is 0 Å². The highest BCUT2D eigenvalue weighted by Gasteiger charge is 2.27. The Labute approximate surface area is 98.1 Å². The van der Waals surface area contributed by atoms with Crippen LogP contribution in [-0.2, 0) is 4.74 Å². The average molecular weight is 228 g/mol. The number of ether oxygens (including phenoxy) is 1. The molecule has 0 spiro atoms. The van der Waals surface area contributed by atoms with Crippen LogP contribution >= 0.6 is 0 Å². The van der Waals surface area contributed by atoms with Gasteiger partial charge in [0.05, 0.1) is 6.61 Å². The van der Waals surface area contributed by atoms with Gasteiger partial charge in [-0.1, -0.05) is 26.7 Å². The number of nitrogens with one attached hydrogen (secondary N) is 2. The van der Waals surface area contributed by atoms with Crippen molar-refractivity contribution in [3.05, 3.63) is 0 Å². The van der Waals surface area contributed by atoms with Crippen LogP contribution in [0.15, 0.2) is 0 Å². The molecule has 4 nitrogen and oxygen atoms in total. The van der Waals surface area contributed by atoms with Crippen LogP contribution < -0.4 is 10.6 Å². The maximum atomic E-state index is 11.6. The molecule has 4 heteroatoms. The number of hydrogen-bond donors (Lipinski definition) is 2. The van der Waals surface area contributed by atoms with E-state index in [1.165, 1.54) is 12.8 Å². The molecule has 0 aliphatic heterocycles. The van der Waals surface area contributed by atoms with Crippen LogP contribution in [0.1, 0.15) is 33.1 Å². The molecule has 94 valence electrons. The van der Waals surface area contributed by atoms with Crippen molar-refractivity contribution in [3.63, 3.8) is 0 Å². The molecule has 2 amide bonds. The highest BCUT2D eigenvalue weighted by Crippen LogP contribution is 2.29. The summed E-state index contributed by atoms with van der Waals surface area (Å²) >= 11 is 0. The molecule has 3 unspecified atom stereocenters. The zero-order valence-electron chi connectivity index (χ0n) is 10.6. The fourth-order valence-corrected chi connectivity index (χ4v) is 2.27. The van der Waals surface area contributed by atoms with Crippen molar-refractivity contribution in [2.24, 2.45) is 11.8 Å². The minimum atomic E-state index is -0.0667. The Bertz CT molecular complexity index is 221. The van der Waals surface area contributed by atoms with Gasteiger partial charge in [0.25, 0.3) is 0 Å². The van der Waals surface area contributed by atoms with Gasteiger partial charge in [-0.05, 0) is 18.3 Å². The number of hydrogen-bond acceptors (Lipinski definition) is 2. The summed E-state index contributed by atoms with van der Waals surface area (Å²) in [6.45, 7) is 5.62. The Hall–Kier alpha value is -0.770. The van der Waals surface area contributed by atoms with E-state index >= 15 is 0 Å². The summed E-state index contributed by atoms with van der Waals surface area (Å²) in [5.41, 5.74) is 0. The van der Waals surface area contributed by atoms with Crippen LogP contribution in [0.3, 0.4) is 0 Å². The Kier molecular flexibility index (Phi) is 5.60. The first-order valence-electron chi connectivity index (χ1n) is 6.18. The molecule has 0 aromatic rings. The Balaban J connectivity index is 2.26. The fourth-order valence-electron chi connectivity index (χ4n) is 2.27. The summed E-state index contributed by atoms with van der Waals surface area (Å²) < 4.78 is 4.88. The number of urea groups is 1. The van der Waals surface area contributed by atoms with E-state index in [2.05, 4.69) is 24.5 Å². The van der Waals surface area contributed by atoms with Gasteiger partial charge in [0.2, 0.25) is 0 Å². The third-order valence-corrected chi connectivity index (χ3v) is 3.62. The maximum absolute atomic E-state index is 11.6. The lowest BCUT2D eigenvalue weighted by Crippen LogP contribution is -2.48. The lowest BCUT2D eigenvalue weighted by atomic mass is 9.78. The Morgan fingerprint density at radius 3 is 2.81 bits per heavy atom. The second-order valence-corrected chi connectivity index (χ2v) is 4.77. The minimum absolute atomic E-state index is 0.0667. The van der Waals surface area contributed by atoms with Crippen molar-refractivity contribution in [1.29, 1.82) is 0 Å². The molecule has 1 aliphatic carbocycles. The van der Waals surface area contributed by atoms with E-state index in [9.17, 15) is 4.79 Å². The standard InChI is InChI=1S/C12H24N2O2/c1-9-5-4-6-11(10(9)2)14-12(15)13-7-8-16-3/h9-11H,4-8H2,1-3H3,(H2,13,14,15). The van der Waals surface area contributed by atoms with E-state index in [4.69, 9.17) is 4.74 Å². The fraction of sp³-hybridized carbons (Fsp3) is 0.917. The molecule has 16 heavy (non-hydrogen) atoms. The zero-order chi connectivity index (χ0) is 12.0. The van der Waals surface area contributed by atoms with Crippen molar-refractivity contribution in [2.75, 3.05) is 20.3 Å². The summed E-state index contributed by atoms with van der Waals surface area (Å²) in [6.07, 6.45) is 3.60. The maximum Gasteiger partial charge on any atom is 0.315 e. The molecular formula is C12H24N2O2. The summed E-state index contributed by atoms with van der Waals surface area (Å²) in [5.74, 6) is 1.28. The first-order chi connectivity index (χ1) is 7.65. The highest BCUT2D eigenvalue weighted by atomic mass is 16.5. The van der Waals surface area contributed by atoms with Gasteiger partial charge in [0, 0.05) is 19.7 Å². The van der Waals surface area contributed by atoms with Crippen molar-refractivity contribution < 1.29 is 9.53 Å². The van der Waals surface area contributed by atoms with Crippen LogP contribution in [0.2, 0.25) is 0 Å². The summed E-state index contributed by atoms with van der Waals surface area (Å²) in [7, 11) is 1.63. The van der Waals surface area contributed by atoms with Gasteiger partial charge in [0.1, 0.15) is 0 Å². The van der Waals surface area contributed by atoms with E-state index in [-0.39, 0.29) is 6.03 Å². The Morgan fingerprint density at radius 1 is 1.38 bits per heavy atom. The Morgan fingerprint density at radius 2 is 2.12 bits per heavy atom. The van der Waals surface area contributed by atoms with Crippen LogP contribution in [-0.4, -0.2) is 32.3 Å². The van der Waals surface area contributed by atoms with Crippen LogP contribution in [0, 0.1) is 11.8 Å². The number of carbonyl (C=O) groups excluding carboxylic acids is 1. The predicted molar refractivity (Wildman–Crippen MR) is 64.4 cm³/mol. The van der Waals surface area contributed by atoms with Gasteiger partial charge < -0.3 is 15.4 Å². The van der Waals surface area contributed by atoms with E-state index < -0.39 is 0 Å². The van der Waals surface area contributed by atoms with Crippen molar-refractivity contribution in [3.8, 4) is 0 Å². The van der Waals surface area contributed by atoms with Crippen molar-refractivity contribution in [2.45, 2.75) is 39.2 Å². The molecule has 0 radical (unpaired) electrons. The van der Waals surface area contributed by atoms with Crippen molar-refractivity contribution in [1.82, 2.24) is 10.6 Å². The molecule has 1 aliphatic rings. The normalized spacial score (nSPS) is 29.8. The molecule has 0 aromatic heterocycles. The minimum Gasteiger partial charge on any atom is -0.383 e. The quantitative estimate of drug-likeness (QED) is 0.720. The lowest BCUT2D eigenvalue weighted by molar-refractivity contribution is 0.183. The smallest absolute Gasteiger partial charge is 0.315 e. The molecule has 3 atom stereocenters. The molecule has 0 saturated heterocycles. The third-order valence-electron chi connectivity index (χ3n) is 3.62. The second-order valence-electron chi connectivity index (χ2n) is 4.77. The number of carbonyl (C=O) groups is 1. The topological polar surface area (TPSA) is 50.4 Å². The van der Waals surface area contributed by atoms with E-state index in [0.29, 0.717) is 31.0 Å². The summed E-state index contributed by atoms with van der Waals surface area (Å²) in [5, 5.41) is 5.84. The van der Waals surface area contributed by atoms with Crippen LogP contribution in [0.25, 0.3) is 0 Å². The van der Waals surface area contributed by atoms with Gasteiger partial charge in [-0.3, -0.25) is 0 Å². The lowest BCUT2D eigenvalue weighted by Gasteiger charge is -2.34. The van der Waals surface area contributed by atoms with Gasteiger partial charge in [-0.15, -0.1) is 0 Å². The molecular weight excluding hydrogens is 204 g/mol. The summed E-state index contributed by atoms with van der Waals surface area (Å²) in [4.78, 5) is 11.6. The number of rotatable bonds is 4. The van der Waals surface area contributed by atoms with Gasteiger partial charge in [-0.25, -0.2) is 4.79 Å². The van der Waals surface area contributed by atoms with Gasteiger partial charge in [0.15, 0.2) is 0 Å².